The van der Waals surface area contributed by atoms with Crippen LogP contribution in [0.25, 0.3) is 0 Å². The van der Waals surface area contributed by atoms with Gasteiger partial charge in [-0.05, 0) is 24.7 Å². The number of amides is 1. The van der Waals surface area contributed by atoms with Gasteiger partial charge in [0, 0.05) is 25.0 Å². The van der Waals surface area contributed by atoms with Gasteiger partial charge in [-0.3, -0.25) is 4.79 Å². The molecule has 2 fully saturated rings. The molecule has 2 rings (SSSR count). The first-order valence-corrected chi connectivity index (χ1v) is 9.46. The second-order valence-electron chi connectivity index (χ2n) is 6.25. The monoisotopic (exact) mass is 302 g/mol. The SMILES string of the molecule is CCC1CCC(NC(=O)CC2CS(=O)(=O)CCN2)C1C. The maximum Gasteiger partial charge on any atom is 0.221 e. The third kappa shape index (κ3) is 3.95. The Hall–Kier alpha value is -0.620. The van der Waals surface area contributed by atoms with Gasteiger partial charge in [0.2, 0.25) is 5.91 Å². The second kappa shape index (κ2) is 6.43. The molecule has 4 atom stereocenters. The van der Waals surface area contributed by atoms with Gasteiger partial charge in [0.05, 0.1) is 11.5 Å². The average molecular weight is 302 g/mol. The first-order valence-electron chi connectivity index (χ1n) is 7.64. The molecule has 20 heavy (non-hydrogen) atoms. The van der Waals surface area contributed by atoms with E-state index in [4.69, 9.17) is 0 Å². The van der Waals surface area contributed by atoms with E-state index in [9.17, 15) is 13.2 Å². The summed E-state index contributed by atoms with van der Waals surface area (Å²) in [7, 11) is -2.97. The smallest absolute Gasteiger partial charge is 0.221 e. The second-order valence-corrected chi connectivity index (χ2v) is 8.48. The van der Waals surface area contributed by atoms with Gasteiger partial charge in [0.25, 0.3) is 0 Å². The molecule has 1 aliphatic heterocycles. The molecule has 1 saturated carbocycles. The van der Waals surface area contributed by atoms with Crippen LogP contribution in [0.15, 0.2) is 0 Å². The van der Waals surface area contributed by atoms with Crippen LogP contribution in [0.1, 0.15) is 39.5 Å². The van der Waals surface area contributed by atoms with Gasteiger partial charge in [-0.2, -0.15) is 0 Å². The van der Waals surface area contributed by atoms with E-state index in [1.165, 1.54) is 6.42 Å². The van der Waals surface area contributed by atoms with Crippen LogP contribution in [0.4, 0.5) is 0 Å². The third-order valence-electron chi connectivity index (χ3n) is 4.83. The van der Waals surface area contributed by atoms with Crippen molar-refractivity contribution >= 4 is 15.7 Å². The van der Waals surface area contributed by atoms with Crippen molar-refractivity contribution in [2.45, 2.75) is 51.6 Å². The summed E-state index contributed by atoms with van der Waals surface area (Å²) in [6, 6.07) is 0.0279. The molecule has 2 aliphatic rings. The summed E-state index contributed by atoms with van der Waals surface area (Å²) in [6.45, 7) is 4.86. The lowest BCUT2D eigenvalue weighted by Gasteiger charge is -2.25. The van der Waals surface area contributed by atoms with E-state index in [-0.39, 0.29) is 35.9 Å². The van der Waals surface area contributed by atoms with Crippen molar-refractivity contribution in [2.75, 3.05) is 18.1 Å². The molecule has 0 aromatic heterocycles. The molecule has 2 N–H and O–H groups in total. The van der Waals surface area contributed by atoms with Crippen molar-refractivity contribution in [3.05, 3.63) is 0 Å². The number of carbonyl (C=O) groups excluding carboxylic acids is 1. The number of hydrogen-bond acceptors (Lipinski definition) is 4. The lowest BCUT2D eigenvalue weighted by Crippen LogP contribution is -2.48. The standard InChI is InChI=1S/C14H26N2O3S/c1-3-11-4-5-13(10(11)2)16-14(17)8-12-9-20(18,19)7-6-15-12/h10-13,15H,3-9H2,1-2H3,(H,16,17). The Morgan fingerprint density at radius 3 is 2.70 bits per heavy atom. The van der Waals surface area contributed by atoms with Crippen molar-refractivity contribution in [3.63, 3.8) is 0 Å². The van der Waals surface area contributed by atoms with E-state index in [1.807, 2.05) is 0 Å². The molecule has 1 saturated heterocycles. The summed E-state index contributed by atoms with van der Waals surface area (Å²) < 4.78 is 23.1. The van der Waals surface area contributed by atoms with Gasteiger partial charge in [0.1, 0.15) is 0 Å². The molecule has 5 nitrogen and oxygen atoms in total. The largest absolute Gasteiger partial charge is 0.353 e. The predicted octanol–water partition coefficient (Wildman–Crippen LogP) is 0.704. The number of carbonyl (C=O) groups is 1. The fraction of sp³-hybridized carbons (Fsp3) is 0.929. The van der Waals surface area contributed by atoms with Gasteiger partial charge < -0.3 is 10.6 Å². The van der Waals surface area contributed by atoms with Crippen LogP contribution < -0.4 is 10.6 Å². The molecule has 0 aromatic carbocycles. The van der Waals surface area contributed by atoms with Crippen LogP contribution in [0.3, 0.4) is 0 Å². The number of sulfone groups is 1. The van der Waals surface area contributed by atoms with E-state index >= 15 is 0 Å². The zero-order chi connectivity index (χ0) is 14.8. The molecule has 116 valence electrons. The number of nitrogens with one attached hydrogen (secondary N) is 2. The van der Waals surface area contributed by atoms with E-state index in [0.717, 1.165) is 12.8 Å². The molecular formula is C14H26N2O3S. The molecular weight excluding hydrogens is 276 g/mol. The molecule has 1 heterocycles. The average Bonchev–Trinajstić information content (AvgIpc) is 2.69. The fourth-order valence-electron chi connectivity index (χ4n) is 3.52. The van der Waals surface area contributed by atoms with Gasteiger partial charge in [-0.25, -0.2) is 8.42 Å². The summed E-state index contributed by atoms with van der Waals surface area (Å²) in [6.07, 6.45) is 3.65. The number of hydrogen-bond donors (Lipinski definition) is 2. The first kappa shape index (κ1) is 15.8. The molecule has 0 spiro atoms. The minimum atomic E-state index is -2.97. The summed E-state index contributed by atoms with van der Waals surface area (Å²) in [4.78, 5) is 12.1. The van der Waals surface area contributed by atoms with Crippen LogP contribution in [0.2, 0.25) is 0 Å². The van der Waals surface area contributed by atoms with Crippen molar-refractivity contribution < 1.29 is 13.2 Å². The quantitative estimate of drug-likeness (QED) is 0.802. The highest BCUT2D eigenvalue weighted by atomic mass is 32.2. The van der Waals surface area contributed by atoms with Crippen LogP contribution >= 0.6 is 0 Å². The summed E-state index contributed by atoms with van der Waals surface area (Å²) in [5, 5.41) is 6.22. The molecule has 1 aliphatic carbocycles. The molecule has 4 unspecified atom stereocenters. The third-order valence-corrected chi connectivity index (χ3v) is 6.57. The van der Waals surface area contributed by atoms with E-state index in [2.05, 4.69) is 24.5 Å². The first-order chi connectivity index (χ1) is 9.41. The Labute approximate surface area is 121 Å². The van der Waals surface area contributed by atoms with Crippen LogP contribution in [-0.2, 0) is 14.6 Å². The highest BCUT2D eigenvalue weighted by Crippen LogP contribution is 2.33. The van der Waals surface area contributed by atoms with Crippen molar-refractivity contribution in [1.82, 2.24) is 10.6 Å². The minimum absolute atomic E-state index is 0.0202. The van der Waals surface area contributed by atoms with E-state index < -0.39 is 9.84 Å². The Morgan fingerprint density at radius 2 is 2.10 bits per heavy atom. The van der Waals surface area contributed by atoms with E-state index in [1.54, 1.807) is 0 Å². The van der Waals surface area contributed by atoms with Crippen molar-refractivity contribution in [2.24, 2.45) is 11.8 Å². The summed E-state index contributed by atoms with van der Waals surface area (Å²) in [5.41, 5.74) is 0. The Kier molecular flexibility index (Phi) is 5.07. The highest BCUT2D eigenvalue weighted by molar-refractivity contribution is 7.91. The fourth-order valence-corrected chi connectivity index (χ4v) is 4.96. The Morgan fingerprint density at radius 1 is 1.35 bits per heavy atom. The van der Waals surface area contributed by atoms with Crippen LogP contribution in [-0.4, -0.2) is 44.5 Å². The Bertz CT molecular complexity index is 449. The normalized spacial score (nSPS) is 36.7. The lowest BCUT2D eigenvalue weighted by atomic mass is 9.93. The van der Waals surface area contributed by atoms with Gasteiger partial charge in [-0.15, -0.1) is 0 Å². The van der Waals surface area contributed by atoms with E-state index in [0.29, 0.717) is 18.4 Å². The molecule has 6 heteroatoms. The number of rotatable bonds is 4. The van der Waals surface area contributed by atoms with Crippen LogP contribution in [0.5, 0.6) is 0 Å². The molecule has 1 amide bonds. The molecule has 0 aromatic rings. The van der Waals surface area contributed by atoms with Gasteiger partial charge >= 0.3 is 0 Å². The molecule has 0 bridgehead atoms. The van der Waals surface area contributed by atoms with Gasteiger partial charge in [-0.1, -0.05) is 20.3 Å². The maximum absolute atomic E-state index is 12.1. The zero-order valence-corrected chi connectivity index (χ0v) is 13.2. The maximum atomic E-state index is 12.1. The Balaban J connectivity index is 1.81. The lowest BCUT2D eigenvalue weighted by molar-refractivity contribution is -0.122. The highest BCUT2D eigenvalue weighted by Gasteiger charge is 2.33. The summed E-state index contributed by atoms with van der Waals surface area (Å²) >= 11 is 0. The topological polar surface area (TPSA) is 75.3 Å². The van der Waals surface area contributed by atoms with Crippen molar-refractivity contribution in [3.8, 4) is 0 Å². The van der Waals surface area contributed by atoms with Crippen molar-refractivity contribution in [1.29, 1.82) is 0 Å². The predicted molar refractivity (Wildman–Crippen MR) is 79.2 cm³/mol. The zero-order valence-electron chi connectivity index (χ0n) is 12.4. The minimum Gasteiger partial charge on any atom is -0.353 e. The summed E-state index contributed by atoms with van der Waals surface area (Å²) in [5.74, 6) is 1.47. The molecule has 0 radical (unpaired) electrons. The van der Waals surface area contributed by atoms with Crippen LogP contribution in [0, 0.1) is 11.8 Å². The van der Waals surface area contributed by atoms with Gasteiger partial charge in [0.15, 0.2) is 9.84 Å².